The van der Waals surface area contributed by atoms with Gasteiger partial charge < -0.3 is 20.6 Å². The Balaban J connectivity index is 3.50. The number of hydrogen-bond acceptors (Lipinski definition) is 4. The van der Waals surface area contributed by atoms with E-state index < -0.39 is 18.2 Å². The van der Waals surface area contributed by atoms with Gasteiger partial charge in [-0.2, -0.15) is 0 Å². The summed E-state index contributed by atoms with van der Waals surface area (Å²) in [6.07, 6.45) is 42.3. The molecule has 0 rings (SSSR count). The molecule has 0 aromatic carbocycles. The molecule has 1 amide bonds. The SMILES string of the molecule is CCCCCCCCCCCCCCCCCCCCCCCCCC(O)CC(=O)NC(CO)C(O)CCCCCCCCCCC. The highest BCUT2D eigenvalue weighted by Gasteiger charge is 2.21. The average molecular weight is 668 g/mol. The molecular formula is C42H85NO4. The Morgan fingerprint density at radius 3 is 1.02 bits per heavy atom. The summed E-state index contributed by atoms with van der Waals surface area (Å²) in [5.41, 5.74) is 0. The van der Waals surface area contributed by atoms with E-state index in [0.29, 0.717) is 12.8 Å². The summed E-state index contributed by atoms with van der Waals surface area (Å²) in [5.74, 6) is -0.281. The Bertz CT molecular complexity index is 615. The lowest BCUT2D eigenvalue weighted by Crippen LogP contribution is -2.46. The lowest BCUT2D eigenvalue weighted by atomic mass is 10.0. The van der Waals surface area contributed by atoms with E-state index >= 15 is 0 Å². The molecule has 0 heterocycles. The quantitative estimate of drug-likeness (QED) is 0.0491. The average Bonchev–Trinajstić information content (AvgIpc) is 3.06. The minimum absolute atomic E-state index is 0.0422. The largest absolute Gasteiger partial charge is 0.394 e. The van der Waals surface area contributed by atoms with Crippen molar-refractivity contribution in [3.63, 3.8) is 0 Å². The van der Waals surface area contributed by atoms with Crippen LogP contribution in [0.5, 0.6) is 0 Å². The molecule has 0 aliphatic heterocycles. The van der Waals surface area contributed by atoms with Gasteiger partial charge in [0.1, 0.15) is 0 Å². The summed E-state index contributed by atoms with van der Waals surface area (Å²) in [6.45, 7) is 4.25. The van der Waals surface area contributed by atoms with E-state index in [1.807, 2.05) is 0 Å². The molecule has 0 fully saturated rings. The van der Waals surface area contributed by atoms with Gasteiger partial charge in [-0.05, 0) is 12.8 Å². The molecule has 0 aromatic heterocycles. The lowest BCUT2D eigenvalue weighted by Gasteiger charge is -2.23. The Hall–Kier alpha value is -0.650. The van der Waals surface area contributed by atoms with Crippen LogP contribution >= 0.6 is 0 Å². The summed E-state index contributed by atoms with van der Waals surface area (Å²) >= 11 is 0. The molecule has 47 heavy (non-hydrogen) atoms. The Morgan fingerprint density at radius 1 is 0.447 bits per heavy atom. The predicted molar refractivity (Wildman–Crippen MR) is 204 cm³/mol. The van der Waals surface area contributed by atoms with E-state index in [1.54, 1.807) is 0 Å². The number of nitrogens with one attached hydrogen (secondary N) is 1. The molecule has 3 atom stereocenters. The van der Waals surface area contributed by atoms with Gasteiger partial charge in [-0.25, -0.2) is 0 Å². The first-order valence-electron chi connectivity index (χ1n) is 21.3. The third kappa shape index (κ3) is 35.0. The van der Waals surface area contributed by atoms with Crippen LogP contribution in [-0.2, 0) is 4.79 Å². The summed E-state index contributed by atoms with van der Waals surface area (Å²) < 4.78 is 0. The number of aliphatic hydroxyl groups excluding tert-OH is 3. The van der Waals surface area contributed by atoms with Crippen molar-refractivity contribution in [1.82, 2.24) is 5.32 Å². The lowest BCUT2D eigenvalue weighted by molar-refractivity contribution is -0.125. The van der Waals surface area contributed by atoms with Gasteiger partial charge in [-0.15, -0.1) is 0 Å². The Labute approximate surface area is 294 Å². The van der Waals surface area contributed by atoms with Crippen molar-refractivity contribution in [2.24, 2.45) is 0 Å². The van der Waals surface area contributed by atoms with Gasteiger partial charge >= 0.3 is 0 Å². The van der Waals surface area contributed by atoms with Gasteiger partial charge in [0.2, 0.25) is 5.91 Å². The van der Waals surface area contributed by atoms with E-state index in [0.717, 1.165) is 25.7 Å². The zero-order chi connectivity index (χ0) is 34.5. The molecule has 0 aliphatic rings. The summed E-state index contributed by atoms with van der Waals surface area (Å²) in [5, 5.41) is 33.2. The molecular weight excluding hydrogens is 582 g/mol. The summed E-state index contributed by atoms with van der Waals surface area (Å²) in [6, 6.07) is -0.650. The molecule has 0 saturated carbocycles. The van der Waals surface area contributed by atoms with Crippen molar-refractivity contribution in [3.8, 4) is 0 Å². The van der Waals surface area contributed by atoms with Crippen molar-refractivity contribution in [2.45, 2.75) is 257 Å². The molecule has 3 unspecified atom stereocenters. The first-order chi connectivity index (χ1) is 23.0. The number of aliphatic hydroxyl groups is 3. The van der Waals surface area contributed by atoms with Crippen molar-refractivity contribution in [1.29, 1.82) is 0 Å². The van der Waals surface area contributed by atoms with E-state index in [1.165, 1.54) is 180 Å². The molecule has 282 valence electrons. The van der Waals surface area contributed by atoms with Gasteiger partial charge in [0.25, 0.3) is 0 Å². The standard InChI is InChI=1S/C42H85NO4/c1-3-5-7-9-11-13-14-15-16-17-18-19-20-21-22-23-24-25-26-28-29-31-33-35-39(45)37-42(47)43-40(38-44)41(46)36-34-32-30-27-12-10-8-6-4-2/h39-41,44-46H,3-38H2,1-2H3,(H,43,47). The van der Waals surface area contributed by atoms with Crippen LogP contribution in [-0.4, -0.2) is 46.1 Å². The van der Waals surface area contributed by atoms with Gasteiger partial charge in [0, 0.05) is 0 Å². The normalized spacial score (nSPS) is 13.6. The van der Waals surface area contributed by atoms with E-state index in [2.05, 4.69) is 19.2 Å². The zero-order valence-electron chi connectivity index (χ0n) is 31.9. The summed E-state index contributed by atoms with van der Waals surface area (Å²) in [7, 11) is 0. The molecule has 5 heteroatoms. The van der Waals surface area contributed by atoms with Crippen LogP contribution in [0.15, 0.2) is 0 Å². The molecule has 0 aromatic rings. The van der Waals surface area contributed by atoms with Gasteiger partial charge in [0.05, 0.1) is 31.3 Å². The second kappa shape index (κ2) is 38.2. The highest BCUT2D eigenvalue weighted by atomic mass is 16.3. The topological polar surface area (TPSA) is 89.8 Å². The van der Waals surface area contributed by atoms with Crippen LogP contribution in [0, 0.1) is 0 Å². The third-order valence-electron chi connectivity index (χ3n) is 10.2. The molecule has 5 nitrogen and oxygen atoms in total. The second-order valence-electron chi connectivity index (χ2n) is 15.0. The minimum Gasteiger partial charge on any atom is -0.394 e. The fourth-order valence-corrected chi connectivity index (χ4v) is 6.88. The number of unbranched alkanes of at least 4 members (excludes halogenated alkanes) is 30. The zero-order valence-corrected chi connectivity index (χ0v) is 31.9. The molecule has 4 N–H and O–H groups in total. The molecule has 0 radical (unpaired) electrons. The molecule has 0 bridgehead atoms. The smallest absolute Gasteiger partial charge is 0.222 e. The third-order valence-corrected chi connectivity index (χ3v) is 10.2. The van der Waals surface area contributed by atoms with Crippen molar-refractivity contribution >= 4 is 5.91 Å². The molecule has 0 saturated heterocycles. The Kier molecular flexibility index (Phi) is 37.6. The van der Waals surface area contributed by atoms with Crippen molar-refractivity contribution in [3.05, 3.63) is 0 Å². The summed E-state index contributed by atoms with van der Waals surface area (Å²) in [4.78, 5) is 12.4. The van der Waals surface area contributed by atoms with Gasteiger partial charge in [-0.3, -0.25) is 4.79 Å². The molecule has 0 aliphatic carbocycles. The van der Waals surface area contributed by atoms with E-state index in [9.17, 15) is 20.1 Å². The van der Waals surface area contributed by atoms with Crippen LogP contribution in [0.3, 0.4) is 0 Å². The number of amides is 1. The maximum Gasteiger partial charge on any atom is 0.222 e. The Morgan fingerprint density at radius 2 is 0.723 bits per heavy atom. The fraction of sp³-hybridized carbons (Fsp3) is 0.976. The number of rotatable bonds is 39. The second-order valence-corrected chi connectivity index (χ2v) is 15.0. The van der Waals surface area contributed by atoms with Crippen molar-refractivity contribution < 1.29 is 20.1 Å². The van der Waals surface area contributed by atoms with Crippen LogP contribution < -0.4 is 5.32 Å². The van der Waals surface area contributed by atoms with Crippen molar-refractivity contribution in [2.75, 3.05) is 6.61 Å². The van der Waals surface area contributed by atoms with E-state index in [-0.39, 0.29) is 18.9 Å². The maximum absolute atomic E-state index is 12.4. The van der Waals surface area contributed by atoms with Gasteiger partial charge in [-0.1, -0.05) is 219 Å². The van der Waals surface area contributed by atoms with Crippen LogP contribution in [0.2, 0.25) is 0 Å². The van der Waals surface area contributed by atoms with Crippen LogP contribution in [0.4, 0.5) is 0 Å². The fourth-order valence-electron chi connectivity index (χ4n) is 6.88. The first-order valence-corrected chi connectivity index (χ1v) is 21.3. The highest BCUT2D eigenvalue weighted by Crippen LogP contribution is 2.17. The monoisotopic (exact) mass is 668 g/mol. The number of carbonyl (C=O) groups excluding carboxylic acids is 1. The minimum atomic E-state index is -0.741. The van der Waals surface area contributed by atoms with Gasteiger partial charge in [0.15, 0.2) is 0 Å². The van der Waals surface area contributed by atoms with Crippen LogP contribution in [0.1, 0.15) is 239 Å². The molecule has 0 spiro atoms. The van der Waals surface area contributed by atoms with E-state index in [4.69, 9.17) is 0 Å². The highest BCUT2D eigenvalue weighted by molar-refractivity contribution is 5.76. The number of carbonyl (C=O) groups is 1. The van der Waals surface area contributed by atoms with Crippen LogP contribution in [0.25, 0.3) is 0 Å². The first kappa shape index (κ1) is 46.4. The maximum atomic E-state index is 12.4. The number of hydrogen-bond donors (Lipinski definition) is 4. The predicted octanol–water partition coefficient (Wildman–Crippen LogP) is 11.9.